The molecule has 1 aliphatic heterocycles. The maximum atomic E-state index is 14.8. The van der Waals surface area contributed by atoms with Gasteiger partial charge in [-0.25, -0.2) is 19.3 Å². The van der Waals surface area contributed by atoms with Crippen LogP contribution in [0.3, 0.4) is 0 Å². The highest BCUT2D eigenvalue weighted by Crippen LogP contribution is 2.40. The fourth-order valence-electron chi connectivity index (χ4n) is 4.50. The monoisotopic (exact) mass is 541 g/mol. The molecule has 0 bridgehead atoms. The first-order valence-corrected chi connectivity index (χ1v) is 12.7. The van der Waals surface area contributed by atoms with Crippen LogP contribution in [0.4, 0.5) is 24.7 Å². The van der Waals surface area contributed by atoms with E-state index in [1.165, 1.54) is 22.3 Å². The second-order valence-corrected chi connectivity index (χ2v) is 9.70. The summed E-state index contributed by atoms with van der Waals surface area (Å²) >= 11 is 1.52. The van der Waals surface area contributed by atoms with Crippen molar-refractivity contribution in [3.63, 3.8) is 0 Å². The zero-order valence-electron chi connectivity index (χ0n) is 20.1. The number of piperidine rings is 1. The van der Waals surface area contributed by atoms with Gasteiger partial charge in [0, 0.05) is 25.5 Å². The number of rotatable bonds is 7. The summed E-state index contributed by atoms with van der Waals surface area (Å²) in [5.41, 5.74) is 4.73. The molecular weight excluding hydrogens is 519 g/mol. The molecule has 6 rings (SSSR count). The van der Waals surface area contributed by atoms with E-state index in [0.29, 0.717) is 46.6 Å². The lowest BCUT2D eigenvalue weighted by molar-refractivity contribution is -0.0527. The lowest BCUT2D eigenvalue weighted by Gasteiger charge is -2.28. The van der Waals surface area contributed by atoms with E-state index in [1.54, 1.807) is 30.9 Å². The van der Waals surface area contributed by atoms with E-state index in [-0.39, 0.29) is 12.4 Å². The number of fused-ring (bicyclic) bond motifs is 2. The first-order chi connectivity index (χ1) is 18.4. The van der Waals surface area contributed by atoms with Crippen LogP contribution in [-0.2, 0) is 7.05 Å². The summed E-state index contributed by atoms with van der Waals surface area (Å²) in [6.45, 7) is -2.27. The van der Waals surface area contributed by atoms with E-state index in [9.17, 15) is 13.2 Å². The van der Waals surface area contributed by atoms with Gasteiger partial charge in [0.25, 0.3) is 0 Å². The zero-order valence-corrected chi connectivity index (χ0v) is 20.9. The van der Waals surface area contributed by atoms with Crippen LogP contribution >= 0.6 is 11.3 Å². The SMILES string of the molecule is Cn1cc(-c2cc(O[C@H]3CCNC[C@@H]3F)c3c(Nc4ccc5ncsc5c4)ncnc3c2)c(OC(F)F)n1. The third-order valence-electron chi connectivity index (χ3n) is 6.23. The first-order valence-electron chi connectivity index (χ1n) is 11.8. The molecule has 5 aromatic rings. The van der Waals surface area contributed by atoms with Gasteiger partial charge < -0.3 is 20.1 Å². The Hall–Kier alpha value is -3.97. The number of aromatic nitrogens is 5. The van der Waals surface area contributed by atoms with Gasteiger partial charge in [-0.1, -0.05) is 0 Å². The van der Waals surface area contributed by atoms with E-state index in [0.717, 1.165) is 15.9 Å². The van der Waals surface area contributed by atoms with Crippen molar-refractivity contribution in [1.82, 2.24) is 30.0 Å². The van der Waals surface area contributed by atoms with E-state index in [4.69, 9.17) is 4.74 Å². The molecule has 38 heavy (non-hydrogen) atoms. The molecule has 13 heteroatoms. The number of nitrogens with zero attached hydrogens (tertiary/aromatic N) is 5. The van der Waals surface area contributed by atoms with Gasteiger partial charge in [-0.05, 0) is 48.9 Å². The summed E-state index contributed by atoms with van der Waals surface area (Å²) < 4.78 is 54.2. The van der Waals surface area contributed by atoms with Gasteiger partial charge in [0.15, 0.2) is 0 Å². The summed E-state index contributed by atoms with van der Waals surface area (Å²) in [6.07, 6.45) is 1.48. The van der Waals surface area contributed by atoms with Crippen LogP contribution in [0, 0.1) is 0 Å². The zero-order chi connectivity index (χ0) is 26.2. The molecule has 2 aromatic carbocycles. The smallest absolute Gasteiger partial charge is 0.388 e. The van der Waals surface area contributed by atoms with Gasteiger partial charge in [-0.15, -0.1) is 16.4 Å². The molecule has 1 saturated heterocycles. The van der Waals surface area contributed by atoms with Crippen LogP contribution in [0.25, 0.3) is 32.2 Å². The highest BCUT2D eigenvalue weighted by Gasteiger charge is 2.28. The number of hydrogen-bond donors (Lipinski definition) is 2. The number of thiazole rings is 1. The molecule has 0 aliphatic carbocycles. The second-order valence-electron chi connectivity index (χ2n) is 8.82. The lowest BCUT2D eigenvalue weighted by atomic mass is 10.0. The fourth-order valence-corrected chi connectivity index (χ4v) is 5.21. The van der Waals surface area contributed by atoms with Crippen molar-refractivity contribution < 1.29 is 22.6 Å². The van der Waals surface area contributed by atoms with Gasteiger partial charge in [0.05, 0.1) is 32.2 Å². The molecule has 2 atom stereocenters. The number of ether oxygens (including phenoxy) is 2. The van der Waals surface area contributed by atoms with Gasteiger partial charge in [-0.3, -0.25) is 4.68 Å². The van der Waals surface area contributed by atoms with Crippen molar-refractivity contribution in [3.8, 4) is 22.8 Å². The third kappa shape index (κ3) is 4.82. The number of anilines is 2. The molecule has 0 saturated carbocycles. The highest BCUT2D eigenvalue weighted by molar-refractivity contribution is 7.16. The predicted octanol–water partition coefficient (Wildman–Crippen LogP) is 5.06. The maximum absolute atomic E-state index is 14.8. The Bertz CT molecular complexity index is 1610. The van der Waals surface area contributed by atoms with E-state index in [1.807, 2.05) is 18.2 Å². The van der Waals surface area contributed by atoms with Crippen molar-refractivity contribution in [1.29, 1.82) is 0 Å². The van der Waals surface area contributed by atoms with Crippen LogP contribution < -0.4 is 20.1 Å². The summed E-state index contributed by atoms with van der Waals surface area (Å²) in [7, 11) is 1.60. The van der Waals surface area contributed by atoms with Crippen LogP contribution in [-0.4, -0.2) is 56.7 Å². The van der Waals surface area contributed by atoms with E-state index in [2.05, 4.69) is 35.4 Å². The molecule has 4 heterocycles. The predicted molar refractivity (Wildman–Crippen MR) is 138 cm³/mol. The molecule has 1 fully saturated rings. The van der Waals surface area contributed by atoms with Crippen molar-refractivity contribution in [3.05, 3.63) is 48.4 Å². The number of hydrogen-bond acceptors (Lipinski definition) is 9. The van der Waals surface area contributed by atoms with Gasteiger partial charge in [0.1, 0.15) is 30.2 Å². The van der Waals surface area contributed by atoms with E-state index < -0.39 is 18.9 Å². The van der Waals surface area contributed by atoms with E-state index >= 15 is 0 Å². The lowest BCUT2D eigenvalue weighted by Crippen LogP contribution is -2.44. The Balaban J connectivity index is 1.48. The van der Waals surface area contributed by atoms with Crippen molar-refractivity contribution >= 4 is 44.0 Å². The first kappa shape index (κ1) is 24.4. The Morgan fingerprint density at radius 2 is 2.05 bits per heavy atom. The number of halogens is 3. The molecule has 0 spiro atoms. The number of alkyl halides is 3. The standard InChI is InChI=1S/C25H22F3N7O2S/c1-35-10-15(24(34-35)37-25(27)28)13-6-18-22(20(7-13)36-19-4-5-29-9-16(19)26)23(31-11-30-18)33-14-2-3-17-21(8-14)38-12-32-17/h2-3,6-8,10-12,16,19,25,29H,4-5,9H2,1H3,(H,30,31,33)/t16-,19-/m0/s1. The Morgan fingerprint density at radius 1 is 1.16 bits per heavy atom. The van der Waals surface area contributed by atoms with Crippen molar-refractivity contribution in [2.75, 3.05) is 18.4 Å². The Morgan fingerprint density at radius 3 is 2.89 bits per heavy atom. The number of aryl methyl sites for hydroxylation is 1. The van der Waals surface area contributed by atoms with Crippen molar-refractivity contribution in [2.24, 2.45) is 7.05 Å². The molecule has 196 valence electrons. The quantitative estimate of drug-likeness (QED) is 0.295. The molecule has 0 amide bonds. The minimum atomic E-state index is -3.05. The van der Waals surface area contributed by atoms with Crippen LogP contribution in [0.5, 0.6) is 11.6 Å². The average molecular weight is 542 g/mol. The van der Waals surface area contributed by atoms with Crippen LogP contribution in [0.1, 0.15) is 6.42 Å². The van der Waals surface area contributed by atoms with Crippen LogP contribution in [0.2, 0.25) is 0 Å². The number of benzene rings is 2. The maximum Gasteiger partial charge on any atom is 0.388 e. The number of nitrogens with one attached hydrogen (secondary N) is 2. The second kappa shape index (κ2) is 10.1. The largest absolute Gasteiger partial charge is 0.486 e. The van der Waals surface area contributed by atoms with Gasteiger partial charge in [-0.2, -0.15) is 8.78 Å². The molecule has 1 aliphatic rings. The fraction of sp³-hybridized carbons (Fsp3) is 0.280. The molecule has 2 N–H and O–H groups in total. The summed E-state index contributed by atoms with van der Waals surface area (Å²) in [5, 5.41) is 10.9. The van der Waals surface area contributed by atoms with Crippen molar-refractivity contribution in [2.45, 2.75) is 25.3 Å². The molecule has 9 nitrogen and oxygen atoms in total. The summed E-state index contributed by atoms with van der Waals surface area (Å²) in [5.74, 6) is 0.546. The third-order valence-corrected chi connectivity index (χ3v) is 7.02. The minimum Gasteiger partial charge on any atom is -0.486 e. The Kier molecular flexibility index (Phi) is 6.45. The molecule has 3 aromatic heterocycles. The average Bonchev–Trinajstić information content (AvgIpc) is 3.50. The van der Waals surface area contributed by atoms with Crippen LogP contribution in [0.15, 0.2) is 48.4 Å². The summed E-state index contributed by atoms with van der Waals surface area (Å²) in [6, 6.07) is 9.13. The highest BCUT2D eigenvalue weighted by atomic mass is 32.1. The topological polar surface area (TPSA) is 99.0 Å². The normalized spacial score (nSPS) is 17.8. The summed E-state index contributed by atoms with van der Waals surface area (Å²) in [4.78, 5) is 13.2. The molecule has 0 radical (unpaired) electrons. The minimum absolute atomic E-state index is 0.174. The van der Waals surface area contributed by atoms with Gasteiger partial charge in [0.2, 0.25) is 5.88 Å². The Labute approximate surface area is 218 Å². The molecular formula is C25H22F3N7O2S. The molecule has 0 unspecified atom stereocenters. The van der Waals surface area contributed by atoms with Gasteiger partial charge >= 0.3 is 6.61 Å².